The summed E-state index contributed by atoms with van der Waals surface area (Å²) in [5.74, 6) is -1.30. The molecule has 3 rings (SSSR count). The van der Waals surface area contributed by atoms with E-state index in [1.165, 1.54) is 0 Å². The van der Waals surface area contributed by atoms with Crippen molar-refractivity contribution >= 4 is 27.3 Å². The van der Waals surface area contributed by atoms with E-state index in [0.29, 0.717) is 30.6 Å². The molecule has 1 heterocycles. The maximum absolute atomic E-state index is 12.5. The minimum absolute atomic E-state index is 0.0344. The summed E-state index contributed by atoms with van der Waals surface area (Å²) in [6.07, 6.45) is 1.03. The van der Waals surface area contributed by atoms with Crippen molar-refractivity contribution in [3.05, 3.63) is 65.7 Å². The van der Waals surface area contributed by atoms with E-state index in [0.717, 1.165) is 5.56 Å². The smallest absolute Gasteiger partial charge is 0.253 e. The molecule has 0 spiro atoms. The minimum Gasteiger partial charge on any atom is -0.352 e. The Hall–Kier alpha value is -2.67. The van der Waals surface area contributed by atoms with E-state index < -0.39 is 15.8 Å². The Morgan fingerprint density at radius 2 is 1.70 bits per heavy atom. The zero-order valence-corrected chi connectivity index (χ0v) is 15.7. The maximum Gasteiger partial charge on any atom is 0.253 e. The number of carbonyl (C=O) groups excluding carboxylic acids is 2. The first kappa shape index (κ1) is 19.1. The molecule has 0 radical (unpaired) electrons. The fourth-order valence-electron chi connectivity index (χ4n) is 3.09. The van der Waals surface area contributed by atoms with Crippen LogP contribution in [0.5, 0.6) is 0 Å². The summed E-state index contributed by atoms with van der Waals surface area (Å²) < 4.78 is 23.1. The molecule has 1 fully saturated rings. The largest absolute Gasteiger partial charge is 0.352 e. The second-order valence-corrected chi connectivity index (χ2v) is 8.86. The monoisotopic (exact) mass is 386 g/mol. The topological polar surface area (TPSA) is 92.3 Å². The van der Waals surface area contributed by atoms with Crippen LogP contribution in [0.3, 0.4) is 0 Å². The van der Waals surface area contributed by atoms with Crippen LogP contribution >= 0.6 is 0 Å². The molecule has 1 aliphatic rings. The lowest BCUT2D eigenvalue weighted by Crippen LogP contribution is -2.29. The van der Waals surface area contributed by atoms with Gasteiger partial charge in [0.15, 0.2) is 9.84 Å². The molecule has 0 aliphatic carbocycles. The molecule has 142 valence electrons. The van der Waals surface area contributed by atoms with E-state index in [4.69, 9.17) is 0 Å². The molecule has 2 amide bonds. The molecule has 0 unspecified atom stereocenters. The molecule has 6 nitrogen and oxygen atoms in total. The SMILES string of the molecule is O=C(NCCc1ccccc1)c1ccccc1NC(=O)[C@@H]1CCS(=O)(=O)C1. The second kappa shape index (κ2) is 8.35. The van der Waals surface area contributed by atoms with Crippen LogP contribution in [0.15, 0.2) is 54.6 Å². The van der Waals surface area contributed by atoms with Gasteiger partial charge in [-0.3, -0.25) is 9.59 Å². The first-order valence-corrected chi connectivity index (χ1v) is 10.7. The van der Waals surface area contributed by atoms with E-state index in [9.17, 15) is 18.0 Å². The Labute approximate surface area is 158 Å². The van der Waals surface area contributed by atoms with E-state index in [1.54, 1.807) is 24.3 Å². The van der Waals surface area contributed by atoms with E-state index in [-0.39, 0.29) is 23.3 Å². The van der Waals surface area contributed by atoms with Crippen molar-refractivity contribution in [2.75, 3.05) is 23.4 Å². The number of nitrogens with one attached hydrogen (secondary N) is 2. The zero-order chi connectivity index (χ0) is 19.3. The van der Waals surface area contributed by atoms with Gasteiger partial charge in [-0.15, -0.1) is 0 Å². The van der Waals surface area contributed by atoms with Crippen molar-refractivity contribution in [3.8, 4) is 0 Å². The fourth-order valence-corrected chi connectivity index (χ4v) is 4.83. The first-order valence-electron chi connectivity index (χ1n) is 8.87. The third-order valence-electron chi connectivity index (χ3n) is 4.57. The van der Waals surface area contributed by atoms with Gasteiger partial charge in [0.25, 0.3) is 5.91 Å². The second-order valence-electron chi connectivity index (χ2n) is 6.63. The summed E-state index contributed by atoms with van der Waals surface area (Å²) in [5.41, 5.74) is 1.88. The van der Waals surface area contributed by atoms with Crippen LogP contribution in [0.2, 0.25) is 0 Å². The van der Waals surface area contributed by atoms with Crippen molar-refractivity contribution in [2.24, 2.45) is 5.92 Å². The average molecular weight is 386 g/mol. The third kappa shape index (κ3) is 5.17. The number of benzene rings is 2. The van der Waals surface area contributed by atoms with E-state index in [1.807, 2.05) is 30.3 Å². The molecule has 7 heteroatoms. The Morgan fingerprint density at radius 3 is 2.41 bits per heavy atom. The summed E-state index contributed by atoms with van der Waals surface area (Å²) in [6.45, 7) is 0.478. The van der Waals surface area contributed by atoms with Gasteiger partial charge in [0.05, 0.1) is 28.7 Å². The van der Waals surface area contributed by atoms with Crippen molar-refractivity contribution in [1.82, 2.24) is 5.32 Å². The predicted octanol–water partition coefficient (Wildman–Crippen LogP) is 2.03. The Morgan fingerprint density at radius 1 is 1.00 bits per heavy atom. The first-order chi connectivity index (χ1) is 12.9. The highest BCUT2D eigenvalue weighted by atomic mass is 32.2. The number of para-hydroxylation sites is 1. The van der Waals surface area contributed by atoms with Crippen LogP contribution in [-0.2, 0) is 21.1 Å². The summed E-state index contributed by atoms with van der Waals surface area (Å²) in [5, 5.41) is 5.57. The lowest BCUT2D eigenvalue weighted by molar-refractivity contribution is -0.119. The van der Waals surface area contributed by atoms with Gasteiger partial charge in [0.1, 0.15) is 0 Å². The van der Waals surface area contributed by atoms with Gasteiger partial charge < -0.3 is 10.6 Å². The predicted molar refractivity (Wildman–Crippen MR) is 104 cm³/mol. The molecule has 2 N–H and O–H groups in total. The summed E-state index contributed by atoms with van der Waals surface area (Å²) in [7, 11) is -3.14. The molecule has 0 saturated carbocycles. The zero-order valence-electron chi connectivity index (χ0n) is 14.9. The number of hydrogen-bond acceptors (Lipinski definition) is 4. The molecular formula is C20H22N2O4S. The summed E-state index contributed by atoms with van der Waals surface area (Å²) in [4.78, 5) is 24.9. The maximum atomic E-state index is 12.5. The third-order valence-corrected chi connectivity index (χ3v) is 6.34. The number of sulfone groups is 1. The Balaban J connectivity index is 1.61. The van der Waals surface area contributed by atoms with Crippen molar-refractivity contribution in [3.63, 3.8) is 0 Å². The molecule has 27 heavy (non-hydrogen) atoms. The summed E-state index contributed by atoms with van der Waals surface area (Å²) >= 11 is 0. The van der Waals surface area contributed by atoms with Gasteiger partial charge in [-0.25, -0.2) is 8.42 Å². The fraction of sp³-hybridized carbons (Fsp3) is 0.300. The van der Waals surface area contributed by atoms with E-state index in [2.05, 4.69) is 10.6 Å². The number of carbonyl (C=O) groups is 2. The molecule has 1 saturated heterocycles. The van der Waals surface area contributed by atoms with Gasteiger partial charge in [0, 0.05) is 6.54 Å². The van der Waals surface area contributed by atoms with Gasteiger partial charge in [-0.1, -0.05) is 42.5 Å². The highest BCUT2D eigenvalue weighted by molar-refractivity contribution is 7.91. The van der Waals surface area contributed by atoms with Crippen LogP contribution in [0, 0.1) is 5.92 Å². The number of amides is 2. The highest BCUT2D eigenvalue weighted by Gasteiger charge is 2.33. The van der Waals surface area contributed by atoms with E-state index >= 15 is 0 Å². The van der Waals surface area contributed by atoms with Gasteiger partial charge in [-0.05, 0) is 30.5 Å². The number of anilines is 1. The average Bonchev–Trinajstić information content (AvgIpc) is 3.03. The van der Waals surface area contributed by atoms with Crippen LogP contribution in [0.4, 0.5) is 5.69 Å². The minimum atomic E-state index is -3.14. The molecule has 2 aromatic rings. The number of hydrogen-bond donors (Lipinski definition) is 2. The summed E-state index contributed by atoms with van der Waals surface area (Å²) in [6, 6.07) is 16.6. The Bertz CT molecular complexity index is 926. The van der Waals surface area contributed by atoms with Crippen LogP contribution in [0.25, 0.3) is 0 Å². The van der Waals surface area contributed by atoms with Gasteiger partial charge >= 0.3 is 0 Å². The van der Waals surface area contributed by atoms with Crippen molar-refractivity contribution in [2.45, 2.75) is 12.8 Å². The molecule has 2 aromatic carbocycles. The molecular weight excluding hydrogens is 364 g/mol. The highest BCUT2D eigenvalue weighted by Crippen LogP contribution is 2.22. The van der Waals surface area contributed by atoms with Crippen LogP contribution < -0.4 is 10.6 Å². The van der Waals surface area contributed by atoms with Crippen LogP contribution in [0.1, 0.15) is 22.3 Å². The lowest BCUT2D eigenvalue weighted by atomic mass is 10.1. The molecule has 1 atom stereocenters. The van der Waals surface area contributed by atoms with Crippen molar-refractivity contribution in [1.29, 1.82) is 0 Å². The van der Waals surface area contributed by atoms with Gasteiger partial charge in [-0.2, -0.15) is 0 Å². The molecule has 0 bridgehead atoms. The molecule has 1 aliphatic heterocycles. The van der Waals surface area contributed by atoms with Crippen LogP contribution in [-0.4, -0.2) is 38.3 Å². The van der Waals surface area contributed by atoms with Crippen molar-refractivity contribution < 1.29 is 18.0 Å². The normalized spacial score (nSPS) is 18.0. The quantitative estimate of drug-likeness (QED) is 0.795. The lowest BCUT2D eigenvalue weighted by Gasteiger charge is -2.13. The molecule has 0 aromatic heterocycles. The van der Waals surface area contributed by atoms with Gasteiger partial charge in [0.2, 0.25) is 5.91 Å². The Kier molecular flexibility index (Phi) is 5.91. The standard InChI is InChI=1S/C20H22N2O4S/c23-19(16-11-13-27(25,26)14-16)22-18-9-5-4-8-17(18)20(24)21-12-10-15-6-2-1-3-7-15/h1-9,16H,10-14H2,(H,21,24)(H,22,23)/t16-/m1/s1. The number of rotatable bonds is 6.